The van der Waals surface area contributed by atoms with Crippen LogP contribution >= 0.6 is 0 Å². The number of amides is 1. The van der Waals surface area contributed by atoms with Crippen molar-refractivity contribution < 1.29 is 24.3 Å². The Balaban J connectivity index is 1.68. The number of rotatable bonds is 9. The fourth-order valence-electron chi connectivity index (χ4n) is 3.17. The lowest BCUT2D eigenvalue weighted by molar-refractivity contribution is -0.908. The van der Waals surface area contributed by atoms with Gasteiger partial charge < -0.3 is 25.3 Å². The maximum atomic E-state index is 11.2. The minimum absolute atomic E-state index is 0.0151. The third-order valence-corrected chi connectivity index (χ3v) is 4.75. The average Bonchev–Trinajstić information content (AvgIpc) is 2.59. The second-order valence-electron chi connectivity index (χ2n) is 6.94. The van der Waals surface area contributed by atoms with Crippen molar-refractivity contribution in [3.8, 4) is 5.75 Å². The lowest BCUT2D eigenvalue weighted by atomic mass is 9.96. The number of hydrogen-bond acceptors (Lipinski definition) is 4. The molecule has 6 nitrogen and oxygen atoms in total. The largest absolute Gasteiger partial charge is 0.491 e. The number of ether oxygens (including phenoxy) is 1. The molecule has 0 unspecified atom stereocenters. The number of primary amides is 1. The number of Topliss-reactive ketones (excluding diaryl/α,β-unsaturated/α-hetero) is 1. The highest BCUT2D eigenvalue weighted by molar-refractivity contribution is 5.76. The van der Waals surface area contributed by atoms with E-state index in [9.17, 15) is 14.7 Å². The summed E-state index contributed by atoms with van der Waals surface area (Å²) >= 11 is 0. The standard InChI is InChI=1S/C19H28N2O4/c1-14(22)2-3-15-4-6-18(7-5-15)25-13-17(23)12-21-10-8-16(9-11-21)19(20)24/h4-7,16-17,23H,2-3,8-13H2,1H3,(H2,20,24)/p+1/t17-/m0/s1. The highest BCUT2D eigenvalue weighted by atomic mass is 16.5. The molecule has 0 spiro atoms. The molecule has 0 saturated carbocycles. The number of carbonyl (C=O) groups excluding carboxylic acids is 2. The van der Waals surface area contributed by atoms with Gasteiger partial charge in [-0.05, 0) is 31.0 Å². The molecule has 0 aromatic heterocycles. The maximum absolute atomic E-state index is 11.2. The van der Waals surface area contributed by atoms with Gasteiger partial charge in [0, 0.05) is 25.2 Å². The van der Waals surface area contributed by atoms with Crippen molar-refractivity contribution in [3.63, 3.8) is 0 Å². The van der Waals surface area contributed by atoms with Crippen LogP contribution in [0.2, 0.25) is 0 Å². The van der Waals surface area contributed by atoms with Crippen molar-refractivity contribution in [2.24, 2.45) is 11.7 Å². The summed E-state index contributed by atoms with van der Waals surface area (Å²) in [5.74, 6) is 0.673. The summed E-state index contributed by atoms with van der Waals surface area (Å²) in [6, 6.07) is 7.63. The van der Waals surface area contributed by atoms with Gasteiger partial charge in [-0.1, -0.05) is 12.1 Å². The van der Waals surface area contributed by atoms with E-state index in [2.05, 4.69) is 0 Å². The van der Waals surface area contributed by atoms with Gasteiger partial charge in [-0.15, -0.1) is 0 Å². The monoisotopic (exact) mass is 349 g/mol. The molecule has 1 amide bonds. The number of ketones is 1. The molecule has 1 saturated heterocycles. The van der Waals surface area contributed by atoms with E-state index in [-0.39, 0.29) is 24.2 Å². The molecule has 1 atom stereocenters. The van der Waals surface area contributed by atoms with Gasteiger partial charge in [-0.25, -0.2) is 0 Å². The van der Waals surface area contributed by atoms with Crippen molar-refractivity contribution >= 4 is 11.7 Å². The maximum Gasteiger partial charge on any atom is 0.220 e. The Morgan fingerprint density at radius 1 is 1.28 bits per heavy atom. The predicted octanol–water partition coefficient (Wildman–Crippen LogP) is -0.272. The fourth-order valence-corrected chi connectivity index (χ4v) is 3.17. The van der Waals surface area contributed by atoms with Crippen molar-refractivity contribution in [1.82, 2.24) is 0 Å². The van der Waals surface area contributed by atoms with Crippen LogP contribution < -0.4 is 15.4 Å². The van der Waals surface area contributed by atoms with Gasteiger partial charge >= 0.3 is 0 Å². The molecule has 6 heteroatoms. The van der Waals surface area contributed by atoms with Crippen LogP contribution in [-0.2, 0) is 16.0 Å². The molecule has 1 aliphatic heterocycles. The number of nitrogens with two attached hydrogens (primary N) is 1. The number of benzene rings is 1. The van der Waals surface area contributed by atoms with E-state index in [1.54, 1.807) is 6.92 Å². The number of hydrogen-bond donors (Lipinski definition) is 3. The molecule has 1 fully saturated rings. The minimum atomic E-state index is -0.544. The van der Waals surface area contributed by atoms with Crippen LogP contribution in [-0.4, -0.2) is 49.1 Å². The Labute approximate surface area is 149 Å². The first kappa shape index (κ1) is 19.4. The highest BCUT2D eigenvalue weighted by Crippen LogP contribution is 2.14. The highest BCUT2D eigenvalue weighted by Gasteiger charge is 2.27. The van der Waals surface area contributed by atoms with Gasteiger partial charge in [0.1, 0.15) is 30.8 Å². The van der Waals surface area contributed by atoms with Crippen LogP contribution in [0.15, 0.2) is 24.3 Å². The topological polar surface area (TPSA) is 94.1 Å². The minimum Gasteiger partial charge on any atom is -0.491 e. The summed E-state index contributed by atoms with van der Waals surface area (Å²) in [5.41, 5.74) is 6.44. The molecule has 0 bridgehead atoms. The fraction of sp³-hybridized carbons (Fsp3) is 0.579. The van der Waals surface area contributed by atoms with Crippen molar-refractivity contribution in [1.29, 1.82) is 0 Å². The number of likely N-dealkylation sites (tertiary alicyclic amines) is 1. The average molecular weight is 349 g/mol. The first-order valence-electron chi connectivity index (χ1n) is 8.96. The number of aliphatic hydroxyl groups excluding tert-OH is 1. The first-order chi connectivity index (χ1) is 11.9. The summed E-state index contributed by atoms with van der Waals surface area (Å²) in [6.07, 6.45) is 2.33. The number of quaternary nitrogens is 1. The van der Waals surface area contributed by atoms with Crippen molar-refractivity contribution in [2.75, 3.05) is 26.2 Å². The van der Waals surface area contributed by atoms with E-state index < -0.39 is 6.10 Å². The second-order valence-corrected chi connectivity index (χ2v) is 6.94. The SMILES string of the molecule is CC(=O)CCc1ccc(OC[C@@H](O)C[NH+]2CCC(C(N)=O)CC2)cc1. The summed E-state index contributed by atoms with van der Waals surface area (Å²) in [7, 11) is 0. The predicted molar refractivity (Wildman–Crippen MR) is 94.4 cm³/mol. The number of carbonyl (C=O) groups is 2. The lowest BCUT2D eigenvalue weighted by Gasteiger charge is -2.29. The number of piperidine rings is 1. The molecule has 4 N–H and O–H groups in total. The lowest BCUT2D eigenvalue weighted by Crippen LogP contribution is -3.14. The van der Waals surface area contributed by atoms with Crippen LogP contribution in [0.3, 0.4) is 0 Å². The van der Waals surface area contributed by atoms with E-state index in [0.717, 1.165) is 37.9 Å². The summed E-state index contributed by atoms with van der Waals surface area (Å²) in [4.78, 5) is 23.5. The molecule has 2 rings (SSSR count). The van der Waals surface area contributed by atoms with E-state index in [4.69, 9.17) is 10.5 Å². The Morgan fingerprint density at radius 3 is 2.48 bits per heavy atom. The number of nitrogens with one attached hydrogen (secondary N) is 1. The molecule has 1 heterocycles. The Bertz CT molecular complexity index is 565. The van der Waals surface area contributed by atoms with Gasteiger partial charge in [0.05, 0.1) is 13.1 Å². The zero-order valence-corrected chi connectivity index (χ0v) is 14.9. The molecule has 0 radical (unpaired) electrons. The first-order valence-corrected chi connectivity index (χ1v) is 8.96. The second kappa shape index (κ2) is 9.53. The van der Waals surface area contributed by atoms with Crippen LogP contribution in [0.5, 0.6) is 5.75 Å². The third-order valence-electron chi connectivity index (χ3n) is 4.75. The molecule has 0 aliphatic carbocycles. The van der Waals surface area contributed by atoms with Crippen molar-refractivity contribution in [2.45, 2.75) is 38.7 Å². The smallest absolute Gasteiger partial charge is 0.220 e. The van der Waals surface area contributed by atoms with Gasteiger partial charge in [-0.3, -0.25) is 4.79 Å². The van der Waals surface area contributed by atoms with Crippen LogP contribution in [0, 0.1) is 5.92 Å². The van der Waals surface area contributed by atoms with Crippen LogP contribution in [0.4, 0.5) is 0 Å². The molecule has 1 aromatic rings. The zero-order valence-electron chi connectivity index (χ0n) is 14.9. The zero-order chi connectivity index (χ0) is 18.2. The molecule has 138 valence electrons. The third kappa shape index (κ3) is 6.84. The van der Waals surface area contributed by atoms with Gasteiger partial charge in [-0.2, -0.15) is 0 Å². The molecular formula is C19H29N2O4+. The van der Waals surface area contributed by atoms with Gasteiger partial charge in [0.2, 0.25) is 5.91 Å². The summed E-state index contributed by atoms with van der Waals surface area (Å²) in [6.45, 7) is 4.17. The van der Waals surface area contributed by atoms with Crippen LogP contribution in [0.1, 0.15) is 31.7 Å². The van der Waals surface area contributed by atoms with Gasteiger partial charge in [0.15, 0.2) is 0 Å². The molecule has 1 aromatic carbocycles. The summed E-state index contributed by atoms with van der Waals surface area (Å²) < 4.78 is 5.64. The molecule has 25 heavy (non-hydrogen) atoms. The Kier molecular flexibility index (Phi) is 7.40. The number of aliphatic hydroxyl groups is 1. The Hall–Kier alpha value is -1.92. The Morgan fingerprint density at radius 2 is 1.92 bits per heavy atom. The van der Waals surface area contributed by atoms with Gasteiger partial charge in [0.25, 0.3) is 0 Å². The van der Waals surface area contributed by atoms with E-state index in [1.165, 1.54) is 4.90 Å². The molecular weight excluding hydrogens is 320 g/mol. The molecule has 1 aliphatic rings. The van der Waals surface area contributed by atoms with Crippen molar-refractivity contribution in [3.05, 3.63) is 29.8 Å². The van der Waals surface area contributed by atoms with E-state index in [0.29, 0.717) is 18.7 Å². The quantitative estimate of drug-likeness (QED) is 0.572. The van der Waals surface area contributed by atoms with E-state index in [1.807, 2.05) is 24.3 Å². The normalized spacial score (nSPS) is 21.5. The summed E-state index contributed by atoms with van der Waals surface area (Å²) in [5, 5.41) is 10.2. The van der Waals surface area contributed by atoms with E-state index >= 15 is 0 Å². The van der Waals surface area contributed by atoms with Crippen LogP contribution in [0.25, 0.3) is 0 Å². The number of aryl methyl sites for hydroxylation is 1.